The van der Waals surface area contributed by atoms with Crippen molar-refractivity contribution in [2.75, 3.05) is 22.9 Å². The Balaban J connectivity index is 2.20. The van der Waals surface area contributed by atoms with Crippen LogP contribution in [0.1, 0.15) is 13.3 Å². The number of nitrogens with zero attached hydrogens (tertiary/aromatic N) is 2. The molecule has 0 fully saturated rings. The van der Waals surface area contributed by atoms with Crippen LogP contribution in [0.4, 0.5) is 23.3 Å². The van der Waals surface area contributed by atoms with Gasteiger partial charge in [0.1, 0.15) is 11.6 Å². The third-order valence-electron chi connectivity index (χ3n) is 2.44. The predicted octanol–water partition coefficient (Wildman–Crippen LogP) is 3.39. The molecule has 1 heterocycles. The van der Waals surface area contributed by atoms with E-state index in [1.807, 2.05) is 30.3 Å². The third kappa shape index (κ3) is 3.82. The first kappa shape index (κ1) is 13.6. The maximum atomic E-state index is 5.71. The summed E-state index contributed by atoms with van der Waals surface area (Å²) in [4.78, 5) is 8.31. The number of aromatic nitrogens is 2. The van der Waals surface area contributed by atoms with Crippen LogP contribution in [0.3, 0.4) is 0 Å². The lowest BCUT2D eigenvalue weighted by Crippen LogP contribution is -2.06. The van der Waals surface area contributed by atoms with Crippen LogP contribution < -0.4 is 16.4 Å². The Morgan fingerprint density at radius 3 is 2.68 bits per heavy atom. The maximum absolute atomic E-state index is 5.71. The summed E-state index contributed by atoms with van der Waals surface area (Å²) < 4.78 is 0.968. The van der Waals surface area contributed by atoms with Gasteiger partial charge in [0, 0.05) is 17.1 Å². The highest BCUT2D eigenvalue weighted by atomic mass is 79.9. The Kier molecular flexibility index (Phi) is 4.57. The maximum Gasteiger partial charge on any atom is 0.223 e. The highest BCUT2D eigenvalue weighted by Gasteiger charge is 2.04. The highest BCUT2D eigenvalue weighted by molar-refractivity contribution is 9.10. The molecule has 0 saturated carbocycles. The van der Waals surface area contributed by atoms with E-state index in [0.29, 0.717) is 5.82 Å². The second-order valence-corrected chi connectivity index (χ2v) is 4.88. The number of rotatable bonds is 5. The first-order chi connectivity index (χ1) is 9.19. The van der Waals surface area contributed by atoms with Crippen molar-refractivity contribution in [2.24, 2.45) is 0 Å². The molecule has 0 saturated heterocycles. The van der Waals surface area contributed by atoms with Gasteiger partial charge in [0.25, 0.3) is 0 Å². The van der Waals surface area contributed by atoms with Crippen LogP contribution in [0.25, 0.3) is 0 Å². The van der Waals surface area contributed by atoms with Gasteiger partial charge >= 0.3 is 0 Å². The molecule has 0 radical (unpaired) electrons. The van der Waals surface area contributed by atoms with E-state index in [4.69, 9.17) is 5.73 Å². The molecule has 0 aliphatic rings. The van der Waals surface area contributed by atoms with Crippen LogP contribution >= 0.6 is 15.9 Å². The zero-order valence-corrected chi connectivity index (χ0v) is 12.2. The van der Waals surface area contributed by atoms with Gasteiger partial charge in [-0.1, -0.05) is 19.1 Å². The Bertz CT molecular complexity index is 558. The smallest absolute Gasteiger partial charge is 0.223 e. The van der Waals surface area contributed by atoms with Crippen molar-refractivity contribution in [3.8, 4) is 0 Å². The fourth-order valence-electron chi connectivity index (χ4n) is 1.57. The molecule has 0 atom stereocenters. The summed E-state index contributed by atoms with van der Waals surface area (Å²) in [5.41, 5.74) is 6.64. The fourth-order valence-corrected chi connectivity index (χ4v) is 1.96. The Hall–Kier alpha value is -1.82. The van der Waals surface area contributed by atoms with E-state index in [9.17, 15) is 0 Å². The molecule has 100 valence electrons. The van der Waals surface area contributed by atoms with Gasteiger partial charge < -0.3 is 16.4 Å². The van der Waals surface area contributed by atoms with E-state index >= 15 is 0 Å². The Morgan fingerprint density at radius 1 is 1.21 bits per heavy atom. The molecule has 1 aromatic heterocycles. The Labute approximate surface area is 120 Å². The van der Waals surface area contributed by atoms with E-state index in [1.54, 1.807) is 0 Å². The second kappa shape index (κ2) is 6.38. The number of nitrogens with one attached hydrogen (secondary N) is 2. The van der Waals surface area contributed by atoms with Crippen LogP contribution in [0.5, 0.6) is 0 Å². The molecule has 6 heteroatoms. The van der Waals surface area contributed by atoms with Crippen molar-refractivity contribution in [1.29, 1.82) is 0 Å². The number of nitrogens with two attached hydrogens (primary N) is 1. The van der Waals surface area contributed by atoms with Gasteiger partial charge in [0.15, 0.2) is 0 Å². The van der Waals surface area contributed by atoms with Gasteiger partial charge in [-0.15, -0.1) is 0 Å². The average Bonchev–Trinajstić information content (AvgIpc) is 2.38. The molecule has 0 aliphatic heterocycles. The summed E-state index contributed by atoms with van der Waals surface area (Å²) in [6, 6.07) is 9.67. The lowest BCUT2D eigenvalue weighted by molar-refractivity contribution is 0.967. The molecule has 5 nitrogen and oxygen atoms in total. The van der Waals surface area contributed by atoms with E-state index < -0.39 is 0 Å². The Morgan fingerprint density at radius 2 is 1.95 bits per heavy atom. The van der Waals surface area contributed by atoms with Crippen LogP contribution in [0.15, 0.2) is 34.8 Å². The summed E-state index contributed by atoms with van der Waals surface area (Å²) in [5.74, 6) is 1.64. The highest BCUT2D eigenvalue weighted by Crippen LogP contribution is 2.25. The van der Waals surface area contributed by atoms with Gasteiger partial charge in [0.05, 0.1) is 5.69 Å². The molecule has 2 aromatic rings. The largest absolute Gasteiger partial charge is 0.370 e. The van der Waals surface area contributed by atoms with Crippen molar-refractivity contribution >= 4 is 39.2 Å². The van der Waals surface area contributed by atoms with Crippen molar-refractivity contribution in [3.63, 3.8) is 0 Å². The van der Waals surface area contributed by atoms with Crippen LogP contribution in [0.2, 0.25) is 0 Å². The van der Waals surface area contributed by atoms with Crippen molar-refractivity contribution in [3.05, 3.63) is 34.8 Å². The zero-order valence-electron chi connectivity index (χ0n) is 10.7. The molecule has 0 amide bonds. The fraction of sp³-hybridized carbons (Fsp3) is 0.231. The molecule has 0 bridgehead atoms. The summed E-state index contributed by atoms with van der Waals surface area (Å²) in [6.45, 7) is 2.95. The van der Waals surface area contributed by atoms with E-state index in [1.165, 1.54) is 0 Å². The molecular formula is C13H16BrN5. The zero-order chi connectivity index (χ0) is 13.7. The minimum Gasteiger partial charge on any atom is -0.370 e. The van der Waals surface area contributed by atoms with Crippen LogP contribution in [-0.2, 0) is 0 Å². The lowest BCUT2D eigenvalue weighted by atomic mass is 10.3. The molecule has 0 spiro atoms. The SMILES string of the molecule is CCCNc1cc(Nc2ccccc2Br)nc(N)n1. The number of para-hydroxylation sites is 1. The van der Waals surface area contributed by atoms with Gasteiger partial charge in [-0.3, -0.25) is 0 Å². The van der Waals surface area contributed by atoms with Gasteiger partial charge in [-0.05, 0) is 34.5 Å². The van der Waals surface area contributed by atoms with Crippen molar-refractivity contribution < 1.29 is 0 Å². The second-order valence-electron chi connectivity index (χ2n) is 4.03. The first-order valence-corrected chi connectivity index (χ1v) is 6.88. The lowest BCUT2D eigenvalue weighted by Gasteiger charge is -2.10. The number of halogens is 1. The van der Waals surface area contributed by atoms with Gasteiger partial charge in [0.2, 0.25) is 5.95 Å². The predicted molar refractivity (Wildman–Crippen MR) is 82.6 cm³/mol. The number of anilines is 4. The summed E-state index contributed by atoms with van der Waals surface area (Å²) in [7, 11) is 0. The van der Waals surface area contributed by atoms with E-state index in [-0.39, 0.29) is 5.95 Å². The standard InChI is InChI=1S/C13H16BrN5/c1-2-7-16-11-8-12(19-13(15)18-11)17-10-6-4-3-5-9(10)14/h3-6,8H,2,7H2,1H3,(H4,15,16,17,18,19). The number of nitrogen functional groups attached to an aromatic ring is 1. The summed E-state index contributed by atoms with van der Waals surface area (Å²) >= 11 is 3.48. The van der Waals surface area contributed by atoms with Gasteiger partial charge in [-0.2, -0.15) is 9.97 Å². The topological polar surface area (TPSA) is 75.9 Å². The van der Waals surface area contributed by atoms with Crippen LogP contribution in [-0.4, -0.2) is 16.5 Å². The normalized spacial score (nSPS) is 10.2. The number of hydrogen-bond donors (Lipinski definition) is 3. The summed E-state index contributed by atoms with van der Waals surface area (Å²) in [5, 5.41) is 6.40. The first-order valence-electron chi connectivity index (χ1n) is 6.09. The van der Waals surface area contributed by atoms with Gasteiger partial charge in [-0.25, -0.2) is 0 Å². The van der Waals surface area contributed by atoms with Crippen LogP contribution in [0, 0.1) is 0 Å². The number of hydrogen-bond acceptors (Lipinski definition) is 5. The minimum absolute atomic E-state index is 0.246. The van der Waals surface area contributed by atoms with Crippen molar-refractivity contribution in [2.45, 2.75) is 13.3 Å². The molecule has 19 heavy (non-hydrogen) atoms. The monoisotopic (exact) mass is 321 g/mol. The van der Waals surface area contributed by atoms with Crippen molar-refractivity contribution in [1.82, 2.24) is 9.97 Å². The minimum atomic E-state index is 0.246. The molecule has 2 rings (SSSR count). The average molecular weight is 322 g/mol. The van der Waals surface area contributed by atoms with E-state index in [2.05, 4.69) is 43.5 Å². The quantitative estimate of drug-likeness (QED) is 0.787. The summed E-state index contributed by atoms with van der Waals surface area (Å²) in [6.07, 6.45) is 1.02. The molecule has 0 unspecified atom stereocenters. The molecule has 1 aromatic carbocycles. The third-order valence-corrected chi connectivity index (χ3v) is 3.13. The van der Waals surface area contributed by atoms with E-state index in [0.717, 1.165) is 28.9 Å². The molecular weight excluding hydrogens is 306 g/mol. The molecule has 0 aliphatic carbocycles. The number of benzene rings is 1. The molecule has 4 N–H and O–H groups in total.